The third-order valence-electron chi connectivity index (χ3n) is 5.14. The van der Waals surface area contributed by atoms with Crippen molar-refractivity contribution in [3.63, 3.8) is 0 Å². The summed E-state index contributed by atoms with van der Waals surface area (Å²) in [7, 11) is 0. The molecular weight excluding hydrogens is 372 g/mol. The van der Waals surface area contributed by atoms with Crippen molar-refractivity contribution in [3.05, 3.63) is 70.2 Å². The SMILES string of the molecule is CC(C)(C)c1ccc(C(=O)N2CCCN(C(=O)c3cccc(Cl)c3)CC2)cc1. The fourth-order valence-electron chi connectivity index (χ4n) is 3.42. The first-order valence-corrected chi connectivity index (χ1v) is 10.1. The predicted octanol–water partition coefficient (Wildman–Crippen LogP) is 4.63. The third-order valence-corrected chi connectivity index (χ3v) is 5.37. The van der Waals surface area contributed by atoms with E-state index in [0.29, 0.717) is 42.3 Å². The van der Waals surface area contributed by atoms with Gasteiger partial charge in [0.15, 0.2) is 0 Å². The Kier molecular flexibility index (Phi) is 6.09. The van der Waals surface area contributed by atoms with Crippen molar-refractivity contribution >= 4 is 23.4 Å². The minimum absolute atomic E-state index is 0.0255. The summed E-state index contributed by atoms with van der Waals surface area (Å²) in [6.07, 6.45) is 0.762. The quantitative estimate of drug-likeness (QED) is 0.740. The molecule has 2 aromatic rings. The van der Waals surface area contributed by atoms with Crippen LogP contribution in [0.1, 0.15) is 53.5 Å². The highest BCUT2D eigenvalue weighted by Crippen LogP contribution is 2.23. The summed E-state index contributed by atoms with van der Waals surface area (Å²) in [6.45, 7) is 8.82. The second-order valence-electron chi connectivity index (χ2n) is 8.28. The summed E-state index contributed by atoms with van der Waals surface area (Å²) >= 11 is 6.01. The number of carbonyl (C=O) groups excluding carboxylic acids is 2. The highest BCUT2D eigenvalue weighted by atomic mass is 35.5. The van der Waals surface area contributed by atoms with E-state index >= 15 is 0 Å². The van der Waals surface area contributed by atoms with E-state index in [0.717, 1.165) is 6.42 Å². The van der Waals surface area contributed by atoms with Crippen LogP contribution in [-0.2, 0) is 5.41 Å². The average Bonchev–Trinajstić information content (AvgIpc) is 2.92. The molecule has 0 bridgehead atoms. The number of nitrogens with zero attached hydrogens (tertiary/aromatic N) is 2. The van der Waals surface area contributed by atoms with Crippen molar-refractivity contribution in [2.75, 3.05) is 26.2 Å². The van der Waals surface area contributed by atoms with E-state index in [4.69, 9.17) is 11.6 Å². The maximum Gasteiger partial charge on any atom is 0.253 e. The Balaban J connectivity index is 1.66. The molecule has 0 aromatic heterocycles. The van der Waals surface area contributed by atoms with Crippen molar-refractivity contribution in [1.82, 2.24) is 9.80 Å². The molecule has 5 heteroatoms. The Bertz CT molecular complexity index is 856. The van der Waals surface area contributed by atoms with Gasteiger partial charge in [-0.25, -0.2) is 0 Å². The summed E-state index contributed by atoms with van der Waals surface area (Å²) in [5.41, 5.74) is 2.55. The van der Waals surface area contributed by atoms with Gasteiger partial charge in [-0.3, -0.25) is 9.59 Å². The molecule has 0 N–H and O–H groups in total. The number of halogens is 1. The lowest BCUT2D eigenvalue weighted by Gasteiger charge is -2.23. The van der Waals surface area contributed by atoms with Gasteiger partial charge >= 0.3 is 0 Å². The van der Waals surface area contributed by atoms with Crippen LogP contribution in [-0.4, -0.2) is 47.8 Å². The van der Waals surface area contributed by atoms with Gasteiger partial charge in [0.25, 0.3) is 11.8 Å². The van der Waals surface area contributed by atoms with Crippen LogP contribution in [0, 0.1) is 0 Å². The van der Waals surface area contributed by atoms with E-state index in [1.165, 1.54) is 5.56 Å². The Morgan fingerprint density at radius 2 is 1.39 bits per heavy atom. The molecule has 1 fully saturated rings. The molecule has 2 aromatic carbocycles. The average molecular weight is 399 g/mol. The van der Waals surface area contributed by atoms with Gasteiger partial charge in [0.2, 0.25) is 0 Å². The second-order valence-corrected chi connectivity index (χ2v) is 8.71. The minimum Gasteiger partial charge on any atom is -0.337 e. The fraction of sp³-hybridized carbons (Fsp3) is 0.391. The van der Waals surface area contributed by atoms with E-state index in [1.54, 1.807) is 24.3 Å². The van der Waals surface area contributed by atoms with Gasteiger partial charge in [-0.05, 0) is 47.7 Å². The number of carbonyl (C=O) groups is 2. The predicted molar refractivity (Wildman–Crippen MR) is 113 cm³/mol. The van der Waals surface area contributed by atoms with E-state index in [-0.39, 0.29) is 17.2 Å². The minimum atomic E-state index is -0.0358. The van der Waals surface area contributed by atoms with Crippen molar-refractivity contribution in [3.8, 4) is 0 Å². The first kappa shape index (κ1) is 20.4. The van der Waals surface area contributed by atoms with Gasteiger partial charge in [-0.15, -0.1) is 0 Å². The van der Waals surface area contributed by atoms with Crippen LogP contribution in [0.4, 0.5) is 0 Å². The summed E-state index contributed by atoms with van der Waals surface area (Å²) in [6, 6.07) is 14.9. The van der Waals surface area contributed by atoms with E-state index in [1.807, 2.05) is 34.1 Å². The van der Waals surface area contributed by atoms with Crippen LogP contribution in [0.5, 0.6) is 0 Å². The van der Waals surface area contributed by atoms with Crippen LogP contribution >= 0.6 is 11.6 Å². The van der Waals surface area contributed by atoms with Crippen molar-refractivity contribution in [1.29, 1.82) is 0 Å². The van der Waals surface area contributed by atoms with E-state index in [9.17, 15) is 9.59 Å². The molecule has 0 saturated carbocycles. The molecule has 0 unspecified atom stereocenters. The third kappa shape index (κ3) is 4.74. The number of amides is 2. The molecule has 28 heavy (non-hydrogen) atoms. The molecule has 1 heterocycles. The molecule has 1 aliphatic heterocycles. The van der Waals surface area contributed by atoms with Gasteiger partial charge in [-0.1, -0.05) is 50.6 Å². The van der Waals surface area contributed by atoms with Crippen molar-refractivity contribution in [2.45, 2.75) is 32.6 Å². The number of hydrogen-bond donors (Lipinski definition) is 0. The largest absolute Gasteiger partial charge is 0.337 e. The number of benzene rings is 2. The van der Waals surface area contributed by atoms with Crippen molar-refractivity contribution < 1.29 is 9.59 Å². The Labute approximate surface area is 172 Å². The zero-order chi connectivity index (χ0) is 20.3. The molecule has 2 amide bonds. The van der Waals surface area contributed by atoms with Crippen molar-refractivity contribution in [2.24, 2.45) is 0 Å². The standard InChI is InChI=1S/C23H27ClN2O2/c1-23(2,3)19-10-8-17(9-11-19)21(27)25-12-5-13-26(15-14-25)22(28)18-6-4-7-20(24)16-18/h4,6-11,16H,5,12-15H2,1-3H3. The first-order chi connectivity index (χ1) is 13.3. The summed E-state index contributed by atoms with van der Waals surface area (Å²) in [4.78, 5) is 29.3. The molecule has 0 atom stereocenters. The maximum absolute atomic E-state index is 12.9. The molecule has 0 radical (unpaired) electrons. The van der Waals surface area contributed by atoms with Gasteiger partial charge in [-0.2, -0.15) is 0 Å². The Morgan fingerprint density at radius 3 is 1.93 bits per heavy atom. The number of hydrogen-bond acceptors (Lipinski definition) is 2. The van der Waals surface area contributed by atoms with E-state index < -0.39 is 0 Å². The normalized spacial score (nSPS) is 15.3. The molecule has 4 nitrogen and oxygen atoms in total. The van der Waals surface area contributed by atoms with Gasteiger partial charge in [0.1, 0.15) is 0 Å². The second kappa shape index (κ2) is 8.36. The molecule has 1 saturated heterocycles. The maximum atomic E-state index is 12.9. The van der Waals surface area contributed by atoms with Gasteiger partial charge in [0.05, 0.1) is 0 Å². The molecule has 1 aliphatic rings. The van der Waals surface area contributed by atoms with Crippen LogP contribution in [0.15, 0.2) is 48.5 Å². The molecule has 0 spiro atoms. The summed E-state index contributed by atoms with van der Waals surface area (Å²) in [5, 5.41) is 0.552. The van der Waals surface area contributed by atoms with Gasteiger partial charge < -0.3 is 9.80 Å². The molecule has 3 rings (SSSR count). The fourth-order valence-corrected chi connectivity index (χ4v) is 3.61. The smallest absolute Gasteiger partial charge is 0.253 e. The van der Waals surface area contributed by atoms with Crippen LogP contribution in [0.25, 0.3) is 0 Å². The summed E-state index contributed by atoms with van der Waals surface area (Å²) in [5.74, 6) is -0.0103. The topological polar surface area (TPSA) is 40.6 Å². The highest BCUT2D eigenvalue weighted by molar-refractivity contribution is 6.30. The Hall–Kier alpha value is -2.33. The summed E-state index contributed by atoms with van der Waals surface area (Å²) < 4.78 is 0. The molecule has 0 aliphatic carbocycles. The van der Waals surface area contributed by atoms with Gasteiger partial charge in [0, 0.05) is 42.3 Å². The first-order valence-electron chi connectivity index (χ1n) is 9.70. The highest BCUT2D eigenvalue weighted by Gasteiger charge is 2.24. The number of rotatable bonds is 2. The molecule has 148 valence electrons. The monoisotopic (exact) mass is 398 g/mol. The zero-order valence-corrected chi connectivity index (χ0v) is 17.5. The van der Waals surface area contributed by atoms with E-state index in [2.05, 4.69) is 20.8 Å². The van der Waals surface area contributed by atoms with Crippen LogP contribution in [0.3, 0.4) is 0 Å². The lowest BCUT2D eigenvalue weighted by molar-refractivity contribution is 0.0718. The Morgan fingerprint density at radius 1 is 0.821 bits per heavy atom. The molecular formula is C23H27ClN2O2. The zero-order valence-electron chi connectivity index (χ0n) is 16.7. The van der Waals surface area contributed by atoms with Crippen LogP contribution in [0.2, 0.25) is 5.02 Å². The lowest BCUT2D eigenvalue weighted by Crippen LogP contribution is -2.37. The lowest BCUT2D eigenvalue weighted by atomic mass is 9.86. The van der Waals surface area contributed by atoms with Crippen LogP contribution < -0.4 is 0 Å².